The summed E-state index contributed by atoms with van der Waals surface area (Å²) in [6.45, 7) is 0. The SMILES string of the molecule is CNc1cccc(CCc2ccccc2Cc2ccccc2)c1O. The van der Waals surface area contributed by atoms with Crippen LogP contribution in [0.5, 0.6) is 5.75 Å². The highest BCUT2D eigenvalue weighted by Crippen LogP contribution is 2.28. The smallest absolute Gasteiger partial charge is 0.141 e. The van der Waals surface area contributed by atoms with E-state index in [0.29, 0.717) is 5.75 Å². The molecule has 0 aliphatic rings. The summed E-state index contributed by atoms with van der Waals surface area (Å²) in [5.74, 6) is 0.362. The van der Waals surface area contributed by atoms with Crippen molar-refractivity contribution in [3.63, 3.8) is 0 Å². The molecule has 0 atom stereocenters. The summed E-state index contributed by atoms with van der Waals surface area (Å²) in [5.41, 5.74) is 5.79. The van der Waals surface area contributed by atoms with Crippen molar-refractivity contribution in [2.75, 3.05) is 12.4 Å². The van der Waals surface area contributed by atoms with E-state index in [2.05, 4.69) is 53.8 Å². The van der Waals surface area contributed by atoms with E-state index in [-0.39, 0.29) is 0 Å². The van der Waals surface area contributed by atoms with Gasteiger partial charge in [-0.15, -0.1) is 0 Å². The fraction of sp³-hybridized carbons (Fsp3) is 0.182. The zero-order chi connectivity index (χ0) is 16.8. The molecule has 3 aromatic carbocycles. The molecule has 0 saturated carbocycles. The van der Waals surface area contributed by atoms with Gasteiger partial charge in [0.25, 0.3) is 0 Å². The zero-order valence-corrected chi connectivity index (χ0v) is 14.0. The monoisotopic (exact) mass is 317 g/mol. The van der Waals surface area contributed by atoms with Crippen LogP contribution in [0.25, 0.3) is 0 Å². The minimum atomic E-state index is 0.362. The first-order valence-corrected chi connectivity index (χ1v) is 8.37. The fourth-order valence-corrected chi connectivity index (χ4v) is 3.05. The summed E-state index contributed by atoms with van der Waals surface area (Å²) in [5, 5.41) is 13.3. The summed E-state index contributed by atoms with van der Waals surface area (Å²) in [7, 11) is 1.83. The average Bonchev–Trinajstić information content (AvgIpc) is 2.63. The van der Waals surface area contributed by atoms with Crippen LogP contribution in [-0.2, 0) is 19.3 Å². The van der Waals surface area contributed by atoms with Gasteiger partial charge in [0, 0.05) is 7.05 Å². The van der Waals surface area contributed by atoms with Crippen LogP contribution >= 0.6 is 0 Å². The quantitative estimate of drug-likeness (QED) is 0.639. The Labute approximate surface area is 143 Å². The Kier molecular flexibility index (Phi) is 5.17. The first kappa shape index (κ1) is 16.1. The van der Waals surface area contributed by atoms with Crippen molar-refractivity contribution < 1.29 is 5.11 Å². The second-order valence-electron chi connectivity index (χ2n) is 5.99. The molecule has 0 aliphatic carbocycles. The maximum Gasteiger partial charge on any atom is 0.141 e. The highest BCUT2D eigenvalue weighted by molar-refractivity contribution is 5.59. The zero-order valence-electron chi connectivity index (χ0n) is 14.0. The molecule has 0 radical (unpaired) electrons. The predicted octanol–water partition coefficient (Wildman–Crippen LogP) is 4.81. The molecule has 0 amide bonds. The number of benzene rings is 3. The summed E-state index contributed by atoms with van der Waals surface area (Å²) < 4.78 is 0. The number of para-hydroxylation sites is 1. The van der Waals surface area contributed by atoms with Crippen molar-refractivity contribution in [2.24, 2.45) is 0 Å². The highest BCUT2D eigenvalue weighted by Gasteiger charge is 2.08. The molecule has 3 rings (SSSR count). The number of aryl methyl sites for hydroxylation is 2. The second-order valence-corrected chi connectivity index (χ2v) is 5.99. The number of phenols is 1. The second kappa shape index (κ2) is 7.69. The molecule has 2 N–H and O–H groups in total. The van der Waals surface area contributed by atoms with E-state index in [1.165, 1.54) is 16.7 Å². The van der Waals surface area contributed by atoms with E-state index < -0.39 is 0 Å². The number of phenolic OH excluding ortho intramolecular Hbond substituents is 1. The van der Waals surface area contributed by atoms with Crippen molar-refractivity contribution in [2.45, 2.75) is 19.3 Å². The molecule has 0 fully saturated rings. The minimum absolute atomic E-state index is 0.362. The van der Waals surface area contributed by atoms with Gasteiger partial charge in [-0.25, -0.2) is 0 Å². The molecular weight excluding hydrogens is 294 g/mol. The van der Waals surface area contributed by atoms with Gasteiger partial charge in [0.1, 0.15) is 5.75 Å². The molecular formula is C22H23NO. The fourth-order valence-electron chi connectivity index (χ4n) is 3.05. The summed E-state index contributed by atoms with van der Waals surface area (Å²) in [6, 6.07) is 25.0. The van der Waals surface area contributed by atoms with Gasteiger partial charge >= 0.3 is 0 Å². The molecule has 0 unspecified atom stereocenters. The molecule has 0 aliphatic heterocycles. The first-order chi connectivity index (χ1) is 11.8. The molecule has 122 valence electrons. The van der Waals surface area contributed by atoms with Gasteiger partial charge in [0.15, 0.2) is 0 Å². The predicted molar refractivity (Wildman–Crippen MR) is 101 cm³/mol. The molecule has 0 saturated heterocycles. The van der Waals surface area contributed by atoms with Crippen LogP contribution in [0.3, 0.4) is 0 Å². The van der Waals surface area contributed by atoms with E-state index in [9.17, 15) is 5.11 Å². The van der Waals surface area contributed by atoms with Crippen LogP contribution in [0.2, 0.25) is 0 Å². The molecule has 0 heterocycles. The molecule has 3 aromatic rings. The highest BCUT2D eigenvalue weighted by atomic mass is 16.3. The van der Waals surface area contributed by atoms with Crippen LogP contribution < -0.4 is 5.32 Å². The first-order valence-electron chi connectivity index (χ1n) is 8.37. The van der Waals surface area contributed by atoms with Crippen molar-refractivity contribution in [3.8, 4) is 5.75 Å². The van der Waals surface area contributed by atoms with Gasteiger partial charge in [0.05, 0.1) is 5.69 Å². The lowest BCUT2D eigenvalue weighted by molar-refractivity contribution is 0.470. The van der Waals surface area contributed by atoms with E-state index in [0.717, 1.165) is 30.5 Å². The Morgan fingerprint density at radius 3 is 2.08 bits per heavy atom. The number of anilines is 1. The number of hydrogen-bond donors (Lipinski definition) is 2. The average molecular weight is 317 g/mol. The third-order valence-corrected chi connectivity index (χ3v) is 4.41. The van der Waals surface area contributed by atoms with Crippen molar-refractivity contribution >= 4 is 5.69 Å². The summed E-state index contributed by atoms with van der Waals surface area (Å²) in [4.78, 5) is 0. The maximum atomic E-state index is 10.3. The Morgan fingerprint density at radius 2 is 1.33 bits per heavy atom. The number of nitrogens with one attached hydrogen (secondary N) is 1. The van der Waals surface area contributed by atoms with E-state index in [1.54, 1.807) is 0 Å². The Hall–Kier alpha value is -2.74. The third-order valence-electron chi connectivity index (χ3n) is 4.41. The van der Waals surface area contributed by atoms with Crippen LogP contribution in [0, 0.1) is 0 Å². The van der Waals surface area contributed by atoms with Crippen molar-refractivity contribution in [1.29, 1.82) is 0 Å². The lowest BCUT2D eigenvalue weighted by Crippen LogP contribution is -1.99. The Morgan fingerprint density at radius 1 is 0.708 bits per heavy atom. The lowest BCUT2D eigenvalue weighted by atomic mass is 9.95. The maximum absolute atomic E-state index is 10.3. The van der Waals surface area contributed by atoms with Crippen LogP contribution in [0.4, 0.5) is 5.69 Å². The number of aromatic hydroxyl groups is 1. The standard InChI is InChI=1S/C22H23NO/c1-23-21-13-7-12-19(22(21)24)15-14-18-10-5-6-11-20(18)16-17-8-3-2-4-9-17/h2-13,23-24H,14-16H2,1H3. The molecule has 0 spiro atoms. The largest absolute Gasteiger partial charge is 0.505 e. The van der Waals surface area contributed by atoms with E-state index in [1.807, 2.05) is 31.3 Å². The third kappa shape index (κ3) is 3.77. The summed E-state index contributed by atoms with van der Waals surface area (Å²) in [6.07, 6.45) is 2.69. The van der Waals surface area contributed by atoms with Gasteiger partial charge in [-0.2, -0.15) is 0 Å². The molecule has 2 nitrogen and oxygen atoms in total. The minimum Gasteiger partial charge on any atom is -0.505 e. The molecule has 2 heteroatoms. The van der Waals surface area contributed by atoms with Gasteiger partial charge < -0.3 is 10.4 Å². The van der Waals surface area contributed by atoms with Gasteiger partial charge in [0.2, 0.25) is 0 Å². The van der Waals surface area contributed by atoms with Crippen LogP contribution in [0.1, 0.15) is 22.3 Å². The Balaban J connectivity index is 1.76. The summed E-state index contributed by atoms with van der Waals surface area (Å²) >= 11 is 0. The van der Waals surface area contributed by atoms with E-state index >= 15 is 0 Å². The number of rotatable bonds is 6. The molecule has 0 bridgehead atoms. The molecule has 0 aromatic heterocycles. The van der Waals surface area contributed by atoms with Gasteiger partial charge in [-0.05, 0) is 47.6 Å². The van der Waals surface area contributed by atoms with Gasteiger partial charge in [-0.3, -0.25) is 0 Å². The van der Waals surface area contributed by atoms with Crippen molar-refractivity contribution in [1.82, 2.24) is 0 Å². The topological polar surface area (TPSA) is 32.3 Å². The van der Waals surface area contributed by atoms with E-state index in [4.69, 9.17) is 0 Å². The Bertz CT molecular complexity index is 796. The van der Waals surface area contributed by atoms with Crippen LogP contribution in [-0.4, -0.2) is 12.2 Å². The lowest BCUT2D eigenvalue weighted by Gasteiger charge is -2.12. The van der Waals surface area contributed by atoms with Crippen molar-refractivity contribution in [3.05, 3.63) is 95.1 Å². The van der Waals surface area contributed by atoms with Gasteiger partial charge in [-0.1, -0.05) is 66.7 Å². The molecule has 24 heavy (non-hydrogen) atoms. The van der Waals surface area contributed by atoms with Crippen LogP contribution in [0.15, 0.2) is 72.8 Å². The normalized spacial score (nSPS) is 10.5. The number of hydrogen-bond acceptors (Lipinski definition) is 2.